The molecule has 2 heterocycles. The first kappa shape index (κ1) is 10.7. The highest BCUT2D eigenvalue weighted by Gasteiger charge is 2.15. The van der Waals surface area contributed by atoms with Gasteiger partial charge in [0, 0.05) is 19.0 Å². The fourth-order valence-electron chi connectivity index (χ4n) is 1.17. The van der Waals surface area contributed by atoms with Gasteiger partial charge in [-0.1, -0.05) is 5.16 Å². The molecule has 0 aliphatic rings. The molecule has 16 heavy (non-hydrogen) atoms. The number of aromatic nitrogens is 4. The van der Waals surface area contributed by atoms with Gasteiger partial charge in [-0.05, 0) is 6.42 Å². The SMILES string of the molecule is NC(CCO)c1nc(-c2cnccn2)no1. The van der Waals surface area contributed by atoms with Crippen molar-refractivity contribution in [2.24, 2.45) is 5.73 Å². The summed E-state index contributed by atoms with van der Waals surface area (Å²) in [6.45, 7) is -0.0238. The smallest absolute Gasteiger partial charge is 0.244 e. The van der Waals surface area contributed by atoms with E-state index in [-0.39, 0.29) is 12.5 Å². The van der Waals surface area contributed by atoms with Crippen LogP contribution in [0.25, 0.3) is 11.5 Å². The minimum Gasteiger partial charge on any atom is -0.396 e. The first-order chi connectivity index (χ1) is 7.81. The zero-order valence-electron chi connectivity index (χ0n) is 8.45. The summed E-state index contributed by atoms with van der Waals surface area (Å²) in [5.74, 6) is 0.631. The predicted molar refractivity (Wildman–Crippen MR) is 54.0 cm³/mol. The highest BCUT2D eigenvalue weighted by Crippen LogP contribution is 2.16. The lowest BCUT2D eigenvalue weighted by atomic mass is 10.2. The summed E-state index contributed by atoms with van der Waals surface area (Å²) in [7, 11) is 0. The summed E-state index contributed by atoms with van der Waals surface area (Å²) < 4.78 is 4.97. The number of hydrogen-bond acceptors (Lipinski definition) is 7. The molecule has 2 rings (SSSR count). The molecule has 7 nitrogen and oxygen atoms in total. The van der Waals surface area contributed by atoms with Gasteiger partial charge in [-0.25, -0.2) is 4.98 Å². The molecule has 0 aromatic carbocycles. The Labute approximate surface area is 91.3 Å². The second kappa shape index (κ2) is 4.77. The van der Waals surface area contributed by atoms with E-state index in [9.17, 15) is 0 Å². The molecular weight excluding hydrogens is 210 g/mol. The van der Waals surface area contributed by atoms with Crippen LogP contribution in [0.15, 0.2) is 23.1 Å². The van der Waals surface area contributed by atoms with Gasteiger partial charge >= 0.3 is 0 Å². The van der Waals surface area contributed by atoms with Crippen LogP contribution in [0.2, 0.25) is 0 Å². The Hall–Kier alpha value is -1.86. The van der Waals surface area contributed by atoms with E-state index in [2.05, 4.69) is 20.1 Å². The molecule has 1 unspecified atom stereocenters. The van der Waals surface area contributed by atoms with Crippen LogP contribution in [-0.2, 0) is 0 Å². The maximum Gasteiger partial charge on any atom is 0.244 e. The van der Waals surface area contributed by atoms with E-state index in [0.29, 0.717) is 17.9 Å². The van der Waals surface area contributed by atoms with Gasteiger partial charge < -0.3 is 15.4 Å². The highest BCUT2D eigenvalue weighted by atomic mass is 16.5. The molecule has 0 saturated carbocycles. The molecule has 0 bridgehead atoms. The molecule has 0 aliphatic heterocycles. The summed E-state index contributed by atoms with van der Waals surface area (Å²) >= 11 is 0. The fourth-order valence-corrected chi connectivity index (χ4v) is 1.17. The molecule has 7 heteroatoms. The van der Waals surface area contributed by atoms with E-state index in [0.717, 1.165) is 0 Å². The number of aliphatic hydroxyl groups excluding tert-OH is 1. The highest BCUT2D eigenvalue weighted by molar-refractivity contribution is 5.45. The Balaban J connectivity index is 2.20. The Kier molecular flexibility index (Phi) is 3.18. The summed E-state index contributed by atoms with van der Waals surface area (Å²) in [6.07, 6.45) is 5.01. The van der Waals surface area contributed by atoms with E-state index in [1.165, 1.54) is 6.20 Å². The average molecular weight is 221 g/mol. The van der Waals surface area contributed by atoms with Gasteiger partial charge in [-0.3, -0.25) is 4.98 Å². The largest absolute Gasteiger partial charge is 0.396 e. The number of nitrogens with two attached hydrogens (primary N) is 1. The van der Waals surface area contributed by atoms with Crippen molar-refractivity contribution in [3.05, 3.63) is 24.5 Å². The first-order valence-corrected chi connectivity index (χ1v) is 4.77. The van der Waals surface area contributed by atoms with Crippen molar-refractivity contribution in [2.45, 2.75) is 12.5 Å². The molecule has 0 spiro atoms. The average Bonchev–Trinajstić information content (AvgIpc) is 2.80. The first-order valence-electron chi connectivity index (χ1n) is 4.77. The quantitative estimate of drug-likeness (QED) is 0.741. The summed E-state index contributed by atoms with van der Waals surface area (Å²) in [6, 6.07) is -0.456. The van der Waals surface area contributed by atoms with Gasteiger partial charge in [0.05, 0.1) is 12.2 Å². The molecule has 3 N–H and O–H groups in total. The summed E-state index contributed by atoms with van der Waals surface area (Å²) in [4.78, 5) is 12.0. The maximum absolute atomic E-state index is 8.73. The molecule has 2 aromatic heterocycles. The zero-order valence-corrected chi connectivity index (χ0v) is 8.45. The van der Waals surface area contributed by atoms with Gasteiger partial charge in [-0.2, -0.15) is 4.98 Å². The van der Waals surface area contributed by atoms with Crippen LogP contribution in [0.1, 0.15) is 18.4 Å². The molecule has 0 aliphatic carbocycles. The molecule has 2 aromatic rings. The van der Waals surface area contributed by atoms with Crippen molar-refractivity contribution in [1.82, 2.24) is 20.1 Å². The summed E-state index contributed by atoms with van der Waals surface area (Å²) in [5, 5.41) is 12.5. The Morgan fingerprint density at radius 3 is 3.00 bits per heavy atom. The van der Waals surface area contributed by atoms with Crippen LogP contribution in [0.5, 0.6) is 0 Å². The molecular formula is C9H11N5O2. The lowest BCUT2D eigenvalue weighted by Crippen LogP contribution is -2.12. The van der Waals surface area contributed by atoms with Crippen molar-refractivity contribution in [3.63, 3.8) is 0 Å². The summed E-state index contributed by atoms with van der Waals surface area (Å²) in [5.41, 5.74) is 6.23. The molecule has 0 saturated heterocycles. The van der Waals surface area contributed by atoms with Gasteiger partial charge in [-0.15, -0.1) is 0 Å². The zero-order chi connectivity index (χ0) is 11.4. The molecule has 1 atom stereocenters. The van der Waals surface area contributed by atoms with Crippen LogP contribution in [-0.4, -0.2) is 31.8 Å². The third-order valence-electron chi connectivity index (χ3n) is 1.99. The van der Waals surface area contributed by atoms with Crippen LogP contribution in [0.3, 0.4) is 0 Å². The lowest BCUT2D eigenvalue weighted by molar-refractivity contribution is 0.259. The topological polar surface area (TPSA) is 111 Å². The van der Waals surface area contributed by atoms with Gasteiger partial charge in [0.25, 0.3) is 0 Å². The standard InChI is InChI=1S/C9H11N5O2/c10-6(1-4-15)9-13-8(14-16-9)7-5-11-2-3-12-7/h2-3,5-6,15H,1,4,10H2. The number of rotatable bonds is 4. The van der Waals surface area contributed by atoms with E-state index >= 15 is 0 Å². The minimum absolute atomic E-state index is 0.0238. The molecule has 0 amide bonds. The Morgan fingerprint density at radius 2 is 2.31 bits per heavy atom. The second-order valence-electron chi connectivity index (χ2n) is 3.17. The van der Waals surface area contributed by atoms with Crippen molar-refractivity contribution in [2.75, 3.05) is 6.61 Å². The van der Waals surface area contributed by atoms with Crippen LogP contribution >= 0.6 is 0 Å². The molecule has 0 radical (unpaired) electrons. The number of aliphatic hydroxyl groups is 1. The van der Waals surface area contributed by atoms with Crippen molar-refractivity contribution in [1.29, 1.82) is 0 Å². The number of hydrogen-bond donors (Lipinski definition) is 2. The predicted octanol–water partition coefficient (Wildman–Crippen LogP) is -0.0912. The molecule has 84 valence electrons. The molecule has 0 fully saturated rings. The maximum atomic E-state index is 8.73. The van der Waals surface area contributed by atoms with E-state index in [1.807, 2.05) is 0 Å². The normalized spacial score (nSPS) is 12.6. The van der Waals surface area contributed by atoms with Crippen molar-refractivity contribution >= 4 is 0 Å². The minimum atomic E-state index is -0.456. The monoisotopic (exact) mass is 221 g/mol. The fraction of sp³-hybridized carbons (Fsp3) is 0.333. The van der Waals surface area contributed by atoms with Crippen molar-refractivity contribution in [3.8, 4) is 11.5 Å². The van der Waals surface area contributed by atoms with Gasteiger partial charge in [0.15, 0.2) is 0 Å². The van der Waals surface area contributed by atoms with Crippen LogP contribution in [0.4, 0.5) is 0 Å². The lowest BCUT2D eigenvalue weighted by Gasteiger charge is -2.01. The van der Waals surface area contributed by atoms with Gasteiger partial charge in [0.1, 0.15) is 5.69 Å². The number of nitrogens with zero attached hydrogens (tertiary/aromatic N) is 4. The third kappa shape index (κ3) is 2.20. The Bertz CT molecular complexity index is 444. The van der Waals surface area contributed by atoms with Crippen LogP contribution < -0.4 is 5.73 Å². The van der Waals surface area contributed by atoms with Gasteiger partial charge in [0.2, 0.25) is 11.7 Å². The van der Waals surface area contributed by atoms with E-state index < -0.39 is 6.04 Å². The van der Waals surface area contributed by atoms with E-state index in [1.54, 1.807) is 12.4 Å². The van der Waals surface area contributed by atoms with E-state index in [4.69, 9.17) is 15.4 Å². The third-order valence-corrected chi connectivity index (χ3v) is 1.99. The van der Waals surface area contributed by atoms with Crippen LogP contribution in [0, 0.1) is 0 Å². The Morgan fingerprint density at radius 1 is 1.44 bits per heavy atom. The second-order valence-corrected chi connectivity index (χ2v) is 3.17. The van der Waals surface area contributed by atoms with Crippen molar-refractivity contribution < 1.29 is 9.63 Å².